The molecule has 0 aliphatic heterocycles. The molecular weight excluding hydrogens is 501 g/mol. The first-order chi connectivity index (χ1) is 14.5. The van der Waals surface area contributed by atoms with Gasteiger partial charge in [-0.25, -0.2) is 4.57 Å². The smallest absolute Gasteiger partial charge is 0.179 e. The maximum Gasteiger partial charge on any atom is 0.179 e. The number of carbonyl (C=O) groups is 2. The van der Waals surface area contributed by atoms with Crippen LogP contribution < -0.4 is 33.3 Å². The molecule has 1 atom stereocenters. The van der Waals surface area contributed by atoms with Gasteiger partial charge in [0.2, 0.25) is 0 Å². The largest absolute Gasteiger partial charge is 1.00 e. The second-order valence-corrected chi connectivity index (χ2v) is 8.97. The average molecular weight is 533 g/mol. The summed E-state index contributed by atoms with van der Waals surface area (Å²) in [5.74, 6) is 1.70. The molecule has 4 nitrogen and oxygen atoms in total. The second-order valence-electron chi connectivity index (χ2n) is 8.97. The van der Waals surface area contributed by atoms with E-state index < -0.39 is 0 Å². The molecule has 31 heavy (non-hydrogen) atoms. The van der Waals surface area contributed by atoms with Crippen LogP contribution in [-0.2, 0) is 19.4 Å². The van der Waals surface area contributed by atoms with Gasteiger partial charge in [-0.05, 0) is 68.4 Å². The third-order valence-corrected chi connectivity index (χ3v) is 6.86. The molecule has 1 saturated carbocycles. The number of ether oxygens (including phenoxy) is 1. The molecule has 166 valence electrons. The van der Waals surface area contributed by atoms with Crippen LogP contribution in [-0.4, -0.2) is 18.7 Å². The number of hydrogen-bond donors (Lipinski definition) is 0. The predicted molar refractivity (Wildman–Crippen MR) is 116 cm³/mol. The lowest BCUT2D eigenvalue weighted by Gasteiger charge is -2.24. The van der Waals surface area contributed by atoms with E-state index >= 15 is 0 Å². The molecular formula is C26H32INO3. The topological polar surface area (TPSA) is 47.2 Å². The monoisotopic (exact) mass is 533 g/mol. The summed E-state index contributed by atoms with van der Waals surface area (Å²) in [5, 5.41) is 0. The Morgan fingerprint density at radius 1 is 1.13 bits per heavy atom. The van der Waals surface area contributed by atoms with E-state index in [2.05, 4.69) is 16.8 Å². The molecule has 0 amide bonds. The van der Waals surface area contributed by atoms with E-state index in [-0.39, 0.29) is 41.5 Å². The van der Waals surface area contributed by atoms with Crippen molar-refractivity contribution in [3.05, 3.63) is 58.9 Å². The summed E-state index contributed by atoms with van der Waals surface area (Å²) in [6, 6.07) is 7.78. The van der Waals surface area contributed by atoms with Crippen LogP contribution in [0.5, 0.6) is 5.75 Å². The van der Waals surface area contributed by atoms with E-state index in [4.69, 9.17) is 4.74 Å². The fourth-order valence-corrected chi connectivity index (χ4v) is 5.13. The number of methoxy groups -OCH3 is 1. The molecule has 2 aromatic rings. The fraction of sp³-hybridized carbons (Fsp3) is 0.500. The number of carbonyl (C=O) groups excluding carboxylic acids is 2. The molecule has 2 aliphatic rings. The minimum atomic E-state index is -0.0711. The Balaban J connectivity index is 0.00000272. The van der Waals surface area contributed by atoms with E-state index in [1.807, 2.05) is 24.4 Å². The number of Topliss-reactive ketones (excluding diaryl/α,β-unsaturated/α-hetero) is 2. The first-order valence-corrected chi connectivity index (χ1v) is 11.3. The minimum absolute atomic E-state index is 0. The third-order valence-electron chi connectivity index (χ3n) is 6.86. The van der Waals surface area contributed by atoms with Gasteiger partial charge in [-0.2, -0.15) is 0 Å². The van der Waals surface area contributed by atoms with E-state index in [0.717, 1.165) is 47.4 Å². The SMILES string of the molecule is COc1ccc2c(c1)CCC(Cc1cc[n+](CC3CCCCC3)cc1C(C)=O)C2=O.[I-]. The van der Waals surface area contributed by atoms with Gasteiger partial charge in [0, 0.05) is 23.5 Å². The number of aryl methyl sites for hydroxylation is 1. The Morgan fingerprint density at radius 2 is 1.90 bits per heavy atom. The highest BCUT2D eigenvalue weighted by Gasteiger charge is 2.29. The number of aromatic nitrogens is 1. The Labute approximate surface area is 202 Å². The first kappa shape index (κ1) is 23.9. The lowest BCUT2D eigenvalue weighted by molar-refractivity contribution is -0.703. The highest BCUT2D eigenvalue weighted by Crippen LogP contribution is 2.31. The van der Waals surface area contributed by atoms with Gasteiger partial charge in [-0.15, -0.1) is 0 Å². The lowest BCUT2D eigenvalue weighted by Crippen LogP contribution is -3.00. The van der Waals surface area contributed by atoms with Gasteiger partial charge >= 0.3 is 0 Å². The molecule has 2 aliphatic carbocycles. The maximum atomic E-state index is 13.1. The van der Waals surface area contributed by atoms with Crippen LogP contribution in [0.25, 0.3) is 0 Å². The van der Waals surface area contributed by atoms with Gasteiger partial charge in [0.25, 0.3) is 0 Å². The van der Waals surface area contributed by atoms with E-state index in [1.54, 1.807) is 14.0 Å². The van der Waals surface area contributed by atoms with Crippen molar-refractivity contribution in [3.8, 4) is 5.75 Å². The summed E-state index contributed by atoms with van der Waals surface area (Å²) in [5.41, 5.74) is 3.64. The molecule has 0 saturated heterocycles. The number of rotatable bonds is 6. The quantitative estimate of drug-likeness (QED) is 0.323. The summed E-state index contributed by atoms with van der Waals surface area (Å²) < 4.78 is 7.48. The number of hydrogen-bond acceptors (Lipinski definition) is 3. The number of nitrogens with zero attached hydrogens (tertiary/aromatic N) is 1. The van der Waals surface area contributed by atoms with Crippen LogP contribution in [0.3, 0.4) is 0 Å². The number of halogens is 1. The maximum absolute atomic E-state index is 13.1. The molecule has 1 aromatic carbocycles. The van der Waals surface area contributed by atoms with Gasteiger partial charge < -0.3 is 28.7 Å². The zero-order valence-corrected chi connectivity index (χ0v) is 20.7. The highest BCUT2D eigenvalue weighted by atomic mass is 127. The van der Waals surface area contributed by atoms with Gasteiger partial charge in [0.05, 0.1) is 12.7 Å². The normalized spacial score (nSPS) is 18.8. The van der Waals surface area contributed by atoms with Crippen molar-refractivity contribution in [2.75, 3.05) is 7.11 Å². The Hall–Kier alpha value is -1.76. The van der Waals surface area contributed by atoms with Crippen LogP contribution in [0.2, 0.25) is 0 Å². The van der Waals surface area contributed by atoms with Crippen molar-refractivity contribution < 1.29 is 42.9 Å². The third kappa shape index (κ3) is 5.54. The number of benzene rings is 1. The molecule has 0 bridgehead atoms. The molecule has 0 N–H and O–H groups in total. The average Bonchev–Trinajstić information content (AvgIpc) is 2.77. The number of fused-ring (bicyclic) bond motifs is 1. The van der Waals surface area contributed by atoms with Crippen LogP contribution in [0, 0.1) is 11.8 Å². The summed E-state index contributed by atoms with van der Waals surface area (Å²) >= 11 is 0. The summed E-state index contributed by atoms with van der Waals surface area (Å²) in [6.07, 6.45) is 13.0. The molecule has 5 heteroatoms. The van der Waals surface area contributed by atoms with Crippen LogP contribution in [0.4, 0.5) is 0 Å². The summed E-state index contributed by atoms with van der Waals surface area (Å²) in [7, 11) is 1.65. The van der Waals surface area contributed by atoms with Crippen molar-refractivity contribution >= 4 is 11.6 Å². The molecule has 4 rings (SSSR count). The molecule has 0 radical (unpaired) electrons. The number of ketones is 2. The van der Waals surface area contributed by atoms with E-state index in [1.165, 1.54) is 32.1 Å². The van der Waals surface area contributed by atoms with Crippen molar-refractivity contribution in [2.45, 2.75) is 64.8 Å². The van der Waals surface area contributed by atoms with Crippen LogP contribution in [0.15, 0.2) is 36.7 Å². The van der Waals surface area contributed by atoms with Crippen LogP contribution >= 0.6 is 0 Å². The summed E-state index contributed by atoms with van der Waals surface area (Å²) in [4.78, 5) is 25.5. The van der Waals surface area contributed by atoms with E-state index in [0.29, 0.717) is 12.3 Å². The molecule has 1 heterocycles. The fourth-order valence-electron chi connectivity index (χ4n) is 5.13. The molecule has 1 fully saturated rings. The van der Waals surface area contributed by atoms with Crippen molar-refractivity contribution in [1.29, 1.82) is 0 Å². The van der Waals surface area contributed by atoms with Gasteiger partial charge in [0.15, 0.2) is 30.5 Å². The Bertz CT molecular complexity index is 950. The highest BCUT2D eigenvalue weighted by molar-refractivity contribution is 6.01. The Kier molecular flexibility index (Phi) is 8.25. The van der Waals surface area contributed by atoms with Gasteiger partial charge in [0.1, 0.15) is 5.75 Å². The first-order valence-electron chi connectivity index (χ1n) is 11.3. The summed E-state index contributed by atoms with van der Waals surface area (Å²) in [6.45, 7) is 2.62. The van der Waals surface area contributed by atoms with Crippen molar-refractivity contribution in [1.82, 2.24) is 0 Å². The van der Waals surface area contributed by atoms with E-state index in [9.17, 15) is 9.59 Å². The zero-order chi connectivity index (χ0) is 21.1. The van der Waals surface area contributed by atoms with Crippen molar-refractivity contribution in [2.24, 2.45) is 11.8 Å². The van der Waals surface area contributed by atoms with Gasteiger partial charge in [-0.3, -0.25) is 9.59 Å². The van der Waals surface area contributed by atoms with Crippen molar-refractivity contribution in [3.63, 3.8) is 0 Å². The molecule has 1 unspecified atom stereocenters. The standard InChI is InChI=1S/C26H32NO3.HI/c1-18(28)25-17-27(16-19-6-4-3-5-7-19)13-12-21(25)14-22-9-8-20-15-23(30-2)10-11-24(20)26(22)29;/h10-13,15,17,19,22H,3-9,14,16H2,1-2H3;1H/q+1;/p-1. The number of pyridine rings is 1. The van der Waals surface area contributed by atoms with Crippen LogP contribution in [0.1, 0.15) is 77.3 Å². The second kappa shape index (κ2) is 10.7. The Morgan fingerprint density at radius 3 is 2.61 bits per heavy atom. The predicted octanol–water partition coefficient (Wildman–Crippen LogP) is 1.76. The molecule has 1 aromatic heterocycles. The minimum Gasteiger partial charge on any atom is -1.00 e. The zero-order valence-electron chi connectivity index (χ0n) is 18.5. The molecule has 0 spiro atoms. The lowest BCUT2D eigenvalue weighted by atomic mass is 9.79. The van der Waals surface area contributed by atoms with Gasteiger partial charge in [-0.1, -0.05) is 19.3 Å².